The summed E-state index contributed by atoms with van der Waals surface area (Å²) in [4.78, 5) is 43.5. The minimum atomic E-state index is -1.18. The number of fused-ring (bicyclic) bond motifs is 1. The molecule has 10 heteroatoms. The molecule has 7 nitrogen and oxygen atoms in total. The zero-order chi connectivity index (χ0) is 27.0. The highest BCUT2D eigenvalue weighted by atomic mass is 19.2. The standard InChI is InChI=1S/C28H23F3N4O3/c1-2-16-3-5-17(6-4-16)26(36)33-19-7-9-20(10-8-19)35-27(37)22-13-18(29)15-32-25(22)34(28(35)38)21-11-12-23(30)24(31)14-21/h2-6,11-15,19-20H,1,7-10H2,(H,33,36). The summed E-state index contributed by atoms with van der Waals surface area (Å²) in [6, 6.07) is 10.1. The summed E-state index contributed by atoms with van der Waals surface area (Å²) < 4.78 is 43.6. The second kappa shape index (κ2) is 10.1. The zero-order valence-electron chi connectivity index (χ0n) is 20.2. The summed E-state index contributed by atoms with van der Waals surface area (Å²) in [5, 5.41) is 2.83. The van der Waals surface area contributed by atoms with Gasteiger partial charge in [-0.25, -0.2) is 27.5 Å². The third-order valence-corrected chi connectivity index (χ3v) is 6.86. The second-order valence-corrected chi connectivity index (χ2v) is 9.22. The summed E-state index contributed by atoms with van der Waals surface area (Å²) in [6.07, 6.45) is 4.31. The molecule has 0 radical (unpaired) electrons. The summed E-state index contributed by atoms with van der Waals surface area (Å²) in [7, 11) is 0. The lowest BCUT2D eigenvalue weighted by Gasteiger charge is -2.30. The lowest BCUT2D eigenvalue weighted by molar-refractivity contribution is 0.0922. The van der Waals surface area contributed by atoms with Crippen LogP contribution in [0.5, 0.6) is 0 Å². The van der Waals surface area contributed by atoms with E-state index in [1.54, 1.807) is 30.3 Å². The normalized spacial score (nSPS) is 17.3. The van der Waals surface area contributed by atoms with Gasteiger partial charge in [-0.05, 0) is 61.6 Å². The van der Waals surface area contributed by atoms with Gasteiger partial charge in [-0.15, -0.1) is 0 Å². The first-order chi connectivity index (χ1) is 18.3. The van der Waals surface area contributed by atoms with Gasteiger partial charge in [0.05, 0.1) is 17.3 Å². The fourth-order valence-corrected chi connectivity index (χ4v) is 4.88. The van der Waals surface area contributed by atoms with E-state index < -0.39 is 34.7 Å². The predicted octanol–water partition coefficient (Wildman–Crippen LogP) is 4.52. The number of benzene rings is 2. The van der Waals surface area contributed by atoms with Gasteiger partial charge in [0, 0.05) is 23.7 Å². The van der Waals surface area contributed by atoms with E-state index in [-0.39, 0.29) is 28.7 Å². The molecule has 1 aliphatic carbocycles. The van der Waals surface area contributed by atoms with Crippen LogP contribution in [0.4, 0.5) is 13.2 Å². The van der Waals surface area contributed by atoms with Crippen LogP contribution >= 0.6 is 0 Å². The fraction of sp³-hybridized carbons (Fsp3) is 0.214. The molecule has 1 aliphatic rings. The van der Waals surface area contributed by atoms with Gasteiger partial charge in [-0.2, -0.15) is 0 Å². The molecule has 0 bridgehead atoms. The third kappa shape index (κ3) is 4.65. The Morgan fingerprint density at radius 2 is 1.68 bits per heavy atom. The van der Waals surface area contributed by atoms with Crippen LogP contribution in [0.1, 0.15) is 47.6 Å². The maximum absolute atomic E-state index is 14.0. The Labute approximate surface area is 214 Å². The zero-order valence-corrected chi connectivity index (χ0v) is 20.2. The molecule has 4 aromatic rings. The first-order valence-electron chi connectivity index (χ1n) is 12.1. The Balaban J connectivity index is 1.45. The van der Waals surface area contributed by atoms with Crippen molar-refractivity contribution in [2.24, 2.45) is 0 Å². The minimum Gasteiger partial charge on any atom is -0.349 e. The van der Waals surface area contributed by atoms with Crippen molar-refractivity contribution in [1.29, 1.82) is 0 Å². The number of hydrogen-bond acceptors (Lipinski definition) is 4. The van der Waals surface area contributed by atoms with Crippen molar-refractivity contribution in [3.63, 3.8) is 0 Å². The maximum Gasteiger partial charge on any atom is 0.337 e. The molecule has 2 aromatic carbocycles. The van der Waals surface area contributed by atoms with Crippen molar-refractivity contribution in [3.05, 3.63) is 111 Å². The fourth-order valence-electron chi connectivity index (χ4n) is 4.88. The van der Waals surface area contributed by atoms with E-state index in [9.17, 15) is 27.6 Å². The summed E-state index contributed by atoms with van der Waals surface area (Å²) in [6.45, 7) is 3.69. The van der Waals surface area contributed by atoms with Gasteiger partial charge in [-0.3, -0.25) is 14.2 Å². The van der Waals surface area contributed by atoms with Crippen molar-refractivity contribution < 1.29 is 18.0 Å². The lowest BCUT2D eigenvalue weighted by Crippen LogP contribution is -2.45. The van der Waals surface area contributed by atoms with Crippen molar-refractivity contribution in [3.8, 4) is 5.69 Å². The molecule has 0 atom stereocenters. The van der Waals surface area contributed by atoms with Crippen LogP contribution in [0.2, 0.25) is 0 Å². The van der Waals surface area contributed by atoms with Crippen molar-refractivity contribution in [1.82, 2.24) is 19.4 Å². The summed E-state index contributed by atoms with van der Waals surface area (Å²) in [5.74, 6) is -3.29. The third-order valence-electron chi connectivity index (χ3n) is 6.86. The number of carbonyl (C=O) groups excluding carboxylic acids is 1. The van der Waals surface area contributed by atoms with Gasteiger partial charge in [0.25, 0.3) is 11.5 Å². The van der Waals surface area contributed by atoms with E-state index >= 15 is 0 Å². The second-order valence-electron chi connectivity index (χ2n) is 9.22. The highest BCUT2D eigenvalue weighted by Crippen LogP contribution is 2.28. The van der Waals surface area contributed by atoms with Gasteiger partial charge in [-0.1, -0.05) is 24.8 Å². The van der Waals surface area contributed by atoms with Crippen LogP contribution < -0.4 is 16.6 Å². The van der Waals surface area contributed by atoms with E-state index in [0.717, 1.165) is 39.1 Å². The number of halogens is 3. The molecule has 5 rings (SSSR count). The van der Waals surface area contributed by atoms with Crippen LogP contribution in [0, 0.1) is 17.5 Å². The van der Waals surface area contributed by atoms with Gasteiger partial charge in [0.2, 0.25) is 0 Å². The maximum atomic E-state index is 14.0. The molecule has 1 amide bonds. The van der Waals surface area contributed by atoms with Crippen LogP contribution in [-0.2, 0) is 0 Å². The Hall–Kier alpha value is -4.47. The smallest absolute Gasteiger partial charge is 0.337 e. The van der Waals surface area contributed by atoms with E-state index in [4.69, 9.17) is 0 Å². The molecule has 1 saturated carbocycles. The number of rotatable bonds is 5. The number of hydrogen-bond donors (Lipinski definition) is 1. The van der Waals surface area contributed by atoms with Crippen molar-refractivity contribution in [2.45, 2.75) is 37.8 Å². The highest BCUT2D eigenvalue weighted by molar-refractivity contribution is 5.94. The predicted molar refractivity (Wildman–Crippen MR) is 137 cm³/mol. The highest BCUT2D eigenvalue weighted by Gasteiger charge is 2.28. The molecule has 0 saturated heterocycles. The topological polar surface area (TPSA) is 86.0 Å². The first kappa shape index (κ1) is 25.2. The largest absolute Gasteiger partial charge is 0.349 e. The Morgan fingerprint density at radius 3 is 2.34 bits per heavy atom. The average Bonchev–Trinajstić information content (AvgIpc) is 2.92. The number of nitrogens with zero attached hydrogens (tertiary/aromatic N) is 3. The Morgan fingerprint density at radius 1 is 0.974 bits per heavy atom. The number of carbonyl (C=O) groups is 1. The van der Waals surface area contributed by atoms with Gasteiger partial charge < -0.3 is 5.32 Å². The van der Waals surface area contributed by atoms with Gasteiger partial charge in [0.15, 0.2) is 17.3 Å². The molecule has 2 heterocycles. The van der Waals surface area contributed by atoms with Crippen LogP contribution in [-0.4, -0.2) is 26.1 Å². The Kier molecular flexibility index (Phi) is 6.71. The van der Waals surface area contributed by atoms with E-state index in [2.05, 4.69) is 16.9 Å². The number of nitrogens with one attached hydrogen (secondary N) is 1. The SMILES string of the molecule is C=Cc1ccc(C(=O)NC2CCC(n3c(=O)c4cc(F)cnc4n(-c4ccc(F)c(F)c4)c3=O)CC2)cc1. The minimum absolute atomic E-state index is 0.0461. The number of amides is 1. The lowest BCUT2D eigenvalue weighted by atomic mass is 9.90. The first-order valence-corrected chi connectivity index (χ1v) is 12.1. The average molecular weight is 521 g/mol. The van der Waals surface area contributed by atoms with Crippen molar-refractivity contribution in [2.75, 3.05) is 0 Å². The monoisotopic (exact) mass is 520 g/mol. The van der Waals surface area contributed by atoms with E-state index in [1.807, 2.05) is 0 Å². The van der Waals surface area contributed by atoms with Crippen LogP contribution in [0.15, 0.2) is 70.9 Å². The van der Waals surface area contributed by atoms with Gasteiger partial charge >= 0.3 is 5.69 Å². The molecule has 2 aromatic heterocycles. The molecule has 0 unspecified atom stereocenters. The number of pyridine rings is 1. The van der Waals surface area contributed by atoms with Crippen molar-refractivity contribution >= 4 is 23.0 Å². The van der Waals surface area contributed by atoms with E-state index in [0.29, 0.717) is 31.2 Å². The van der Waals surface area contributed by atoms with E-state index in [1.165, 1.54) is 6.07 Å². The van der Waals surface area contributed by atoms with Crippen LogP contribution in [0.25, 0.3) is 22.8 Å². The molecular formula is C28H23F3N4O3. The number of aromatic nitrogens is 3. The molecular weight excluding hydrogens is 497 g/mol. The quantitative estimate of drug-likeness (QED) is 0.419. The molecule has 0 spiro atoms. The molecule has 1 fully saturated rings. The summed E-state index contributed by atoms with van der Waals surface area (Å²) >= 11 is 0. The van der Waals surface area contributed by atoms with Crippen LogP contribution in [0.3, 0.4) is 0 Å². The molecule has 1 N–H and O–H groups in total. The summed E-state index contributed by atoms with van der Waals surface area (Å²) in [5.41, 5.74) is -0.310. The molecule has 194 valence electrons. The molecule has 38 heavy (non-hydrogen) atoms. The van der Waals surface area contributed by atoms with Gasteiger partial charge in [0.1, 0.15) is 5.82 Å². The molecule has 0 aliphatic heterocycles. The Bertz CT molecular complexity index is 1670.